The molecule has 0 aliphatic heterocycles. The van der Waals surface area contributed by atoms with E-state index in [1.807, 2.05) is 19.6 Å². The number of nitrogens with one attached hydrogen (secondary N) is 1. The van der Waals surface area contributed by atoms with Crippen LogP contribution in [0.2, 0.25) is 0 Å². The fraction of sp³-hybridized carbons (Fsp3) is 0.438. The quantitative estimate of drug-likeness (QED) is 0.804. The molecule has 3 rings (SSSR count). The van der Waals surface area contributed by atoms with E-state index in [9.17, 15) is 0 Å². The van der Waals surface area contributed by atoms with Gasteiger partial charge >= 0.3 is 0 Å². The number of hydrogen-bond donors (Lipinski definition) is 1. The van der Waals surface area contributed by atoms with Gasteiger partial charge in [0.15, 0.2) is 0 Å². The van der Waals surface area contributed by atoms with Crippen LogP contribution < -0.4 is 5.32 Å². The molecule has 0 radical (unpaired) electrons. The van der Waals surface area contributed by atoms with E-state index in [0.717, 1.165) is 13.0 Å². The molecule has 19 heavy (non-hydrogen) atoms. The van der Waals surface area contributed by atoms with Gasteiger partial charge in [-0.1, -0.05) is 24.3 Å². The van der Waals surface area contributed by atoms with Crippen molar-refractivity contribution in [2.24, 2.45) is 0 Å². The Labute approximate surface area is 114 Å². The van der Waals surface area contributed by atoms with Gasteiger partial charge in [-0.3, -0.25) is 0 Å². The van der Waals surface area contributed by atoms with Crippen molar-refractivity contribution in [2.45, 2.75) is 31.7 Å². The van der Waals surface area contributed by atoms with Gasteiger partial charge in [-0.15, -0.1) is 0 Å². The fourth-order valence-electron chi connectivity index (χ4n) is 2.48. The third kappa shape index (κ3) is 2.87. The van der Waals surface area contributed by atoms with Crippen molar-refractivity contribution in [1.29, 1.82) is 0 Å². The molecule has 0 amide bonds. The summed E-state index contributed by atoms with van der Waals surface area (Å²) in [5.41, 5.74) is 3.95. The first-order valence-corrected chi connectivity index (χ1v) is 7.14. The van der Waals surface area contributed by atoms with Gasteiger partial charge in [-0.25, -0.2) is 4.98 Å². The van der Waals surface area contributed by atoms with E-state index in [2.05, 4.69) is 39.1 Å². The number of hydrogen-bond acceptors (Lipinski definition) is 2. The lowest BCUT2D eigenvalue weighted by Crippen LogP contribution is -2.08. The van der Waals surface area contributed by atoms with E-state index in [-0.39, 0.29) is 0 Å². The number of aromatic nitrogens is 2. The van der Waals surface area contributed by atoms with Crippen LogP contribution in [0.5, 0.6) is 0 Å². The average Bonchev–Trinajstić information content (AvgIpc) is 3.18. The molecule has 3 nitrogen and oxygen atoms in total. The molecule has 0 bridgehead atoms. The van der Waals surface area contributed by atoms with Gasteiger partial charge in [0.05, 0.1) is 18.2 Å². The van der Waals surface area contributed by atoms with Gasteiger partial charge < -0.3 is 9.88 Å². The van der Waals surface area contributed by atoms with Gasteiger partial charge in [-0.05, 0) is 50.4 Å². The molecule has 1 fully saturated rings. The average molecular weight is 255 g/mol. The van der Waals surface area contributed by atoms with Crippen LogP contribution in [0.4, 0.5) is 0 Å². The highest BCUT2D eigenvalue weighted by molar-refractivity contribution is 5.59. The smallest absolute Gasteiger partial charge is 0.0953 e. The summed E-state index contributed by atoms with van der Waals surface area (Å²) in [6.07, 6.45) is 8.87. The van der Waals surface area contributed by atoms with Crippen molar-refractivity contribution in [3.63, 3.8) is 0 Å². The van der Waals surface area contributed by atoms with Gasteiger partial charge in [0.1, 0.15) is 0 Å². The zero-order chi connectivity index (χ0) is 13.1. The predicted molar refractivity (Wildman–Crippen MR) is 78.2 cm³/mol. The summed E-state index contributed by atoms with van der Waals surface area (Å²) < 4.78 is 2.32. The number of imidazole rings is 1. The van der Waals surface area contributed by atoms with Gasteiger partial charge in [0.25, 0.3) is 0 Å². The van der Waals surface area contributed by atoms with Crippen LogP contribution in [0.25, 0.3) is 11.3 Å². The van der Waals surface area contributed by atoms with Crippen molar-refractivity contribution >= 4 is 0 Å². The Morgan fingerprint density at radius 3 is 2.74 bits per heavy atom. The van der Waals surface area contributed by atoms with Crippen molar-refractivity contribution in [2.75, 3.05) is 13.6 Å². The van der Waals surface area contributed by atoms with E-state index in [1.165, 1.54) is 36.1 Å². The summed E-state index contributed by atoms with van der Waals surface area (Å²) >= 11 is 0. The molecular formula is C16H21N3. The zero-order valence-corrected chi connectivity index (χ0v) is 11.5. The first kappa shape index (κ1) is 12.4. The fourth-order valence-corrected chi connectivity index (χ4v) is 2.48. The van der Waals surface area contributed by atoms with Gasteiger partial charge in [0.2, 0.25) is 0 Å². The van der Waals surface area contributed by atoms with Gasteiger partial charge in [0, 0.05) is 6.04 Å². The molecule has 0 atom stereocenters. The monoisotopic (exact) mass is 255 g/mol. The molecule has 0 saturated heterocycles. The van der Waals surface area contributed by atoms with Gasteiger partial charge in [-0.2, -0.15) is 0 Å². The molecule has 1 aromatic heterocycles. The summed E-state index contributed by atoms with van der Waals surface area (Å²) in [4.78, 5) is 4.30. The van der Waals surface area contributed by atoms with Crippen molar-refractivity contribution in [3.8, 4) is 11.3 Å². The van der Waals surface area contributed by atoms with Crippen LogP contribution in [0.3, 0.4) is 0 Å². The second kappa shape index (κ2) is 5.57. The zero-order valence-electron chi connectivity index (χ0n) is 11.5. The minimum atomic E-state index is 0.688. The lowest BCUT2D eigenvalue weighted by atomic mass is 10.1. The summed E-state index contributed by atoms with van der Waals surface area (Å²) in [7, 11) is 2.00. The number of benzene rings is 1. The van der Waals surface area contributed by atoms with Crippen molar-refractivity contribution in [3.05, 3.63) is 42.4 Å². The Bertz CT molecular complexity index is 523. The molecule has 1 saturated carbocycles. The highest BCUT2D eigenvalue weighted by Gasteiger charge is 2.25. The van der Waals surface area contributed by atoms with E-state index >= 15 is 0 Å². The lowest BCUT2D eigenvalue weighted by Gasteiger charge is -2.07. The minimum absolute atomic E-state index is 0.688. The highest BCUT2D eigenvalue weighted by atomic mass is 15.1. The van der Waals surface area contributed by atoms with Crippen LogP contribution in [-0.4, -0.2) is 23.1 Å². The van der Waals surface area contributed by atoms with E-state index in [4.69, 9.17) is 0 Å². The molecule has 1 heterocycles. The minimum Gasteiger partial charge on any atom is -0.328 e. The summed E-state index contributed by atoms with van der Waals surface area (Å²) in [6.45, 7) is 1.08. The largest absolute Gasteiger partial charge is 0.328 e. The molecule has 1 aromatic carbocycles. The second-order valence-corrected chi connectivity index (χ2v) is 5.32. The third-order valence-electron chi connectivity index (χ3n) is 3.75. The van der Waals surface area contributed by atoms with E-state index < -0.39 is 0 Å². The highest BCUT2D eigenvalue weighted by Crippen LogP contribution is 2.38. The maximum absolute atomic E-state index is 4.30. The third-order valence-corrected chi connectivity index (χ3v) is 3.75. The van der Waals surface area contributed by atoms with Crippen LogP contribution in [0, 0.1) is 0 Å². The Hall–Kier alpha value is -1.61. The number of nitrogens with zero attached hydrogens (tertiary/aromatic N) is 2. The molecular weight excluding hydrogens is 234 g/mol. The normalized spacial score (nSPS) is 14.8. The predicted octanol–water partition coefficient (Wildman–Crippen LogP) is 3.04. The summed E-state index contributed by atoms with van der Waals surface area (Å²) in [5.74, 6) is 0. The number of aryl methyl sites for hydroxylation is 1. The SMILES string of the molecule is CNCCCc1ccc(-c2cncn2C2CC2)cc1. The van der Waals surface area contributed by atoms with Crippen LogP contribution in [0.1, 0.15) is 30.9 Å². The molecule has 2 aromatic rings. The first-order valence-electron chi connectivity index (χ1n) is 7.14. The second-order valence-electron chi connectivity index (χ2n) is 5.32. The molecule has 1 aliphatic rings. The molecule has 1 N–H and O–H groups in total. The molecule has 1 aliphatic carbocycles. The van der Waals surface area contributed by atoms with Crippen LogP contribution >= 0.6 is 0 Å². The topological polar surface area (TPSA) is 29.9 Å². The molecule has 0 spiro atoms. The van der Waals surface area contributed by atoms with Crippen molar-refractivity contribution in [1.82, 2.24) is 14.9 Å². The maximum Gasteiger partial charge on any atom is 0.0953 e. The standard InChI is InChI=1S/C16H21N3/c1-17-10-2-3-13-4-6-14(7-5-13)16-11-18-12-19(16)15-8-9-15/h4-7,11-12,15,17H,2-3,8-10H2,1H3. The first-order chi connectivity index (χ1) is 9.38. The molecule has 100 valence electrons. The Kier molecular flexibility index (Phi) is 3.65. The van der Waals surface area contributed by atoms with Crippen LogP contribution in [-0.2, 0) is 6.42 Å². The van der Waals surface area contributed by atoms with E-state index in [1.54, 1.807) is 0 Å². The summed E-state index contributed by atoms with van der Waals surface area (Å²) in [6, 6.07) is 9.63. The Morgan fingerprint density at radius 1 is 1.26 bits per heavy atom. The molecule has 0 unspecified atom stereocenters. The van der Waals surface area contributed by atoms with Crippen molar-refractivity contribution < 1.29 is 0 Å². The maximum atomic E-state index is 4.30. The van der Waals surface area contributed by atoms with E-state index in [0.29, 0.717) is 6.04 Å². The number of rotatable bonds is 6. The Balaban J connectivity index is 1.72. The molecule has 3 heteroatoms. The Morgan fingerprint density at radius 2 is 2.05 bits per heavy atom. The lowest BCUT2D eigenvalue weighted by molar-refractivity contribution is 0.724. The summed E-state index contributed by atoms with van der Waals surface area (Å²) in [5, 5.41) is 3.19. The van der Waals surface area contributed by atoms with Crippen LogP contribution in [0.15, 0.2) is 36.8 Å².